The van der Waals surface area contributed by atoms with Gasteiger partial charge in [-0.2, -0.15) is 5.21 Å². The van der Waals surface area contributed by atoms with Gasteiger partial charge in [0.05, 0.1) is 6.20 Å². The molecule has 0 fully saturated rings. The lowest BCUT2D eigenvalue weighted by Crippen LogP contribution is -2.17. The van der Waals surface area contributed by atoms with E-state index in [0.717, 1.165) is 34.5 Å². The Hall–Kier alpha value is -4.60. The van der Waals surface area contributed by atoms with Crippen molar-refractivity contribution in [2.24, 2.45) is 0 Å². The van der Waals surface area contributed by atoms with Gasteiger partial charge in [-0.15, -0.1) is 10.2 Å². The Bertz CT molecular complexity index is 1440. The zero-order chi connectivity index (χ0) is 22.9. The number of benzene rings is 2. The summed E-state index contributed by atoms with van der Waals surface area (Å²) in [6, 6.07) is 17.7. The highest BCUT2D eigenvalue weighted by Gasteiger charge is 2.19. The van der Waals surface area contributed by atoms with Gasteiger partial charge >= 0.3 is 5.97 Å². The van der Waals surface area contributed by atoms with Crippen molar-refractivity contribution in [1.29, 1.82) is 0 Å². The van der Waals surface area contributed by atoms with Crippen LogP contribution < -0.4 is 4.90 Å². The Morgan fingerprint density at radius 3 is 2.55 bits per heavy atom. The van der Waals surface area contributed by atoms with Crippen molar-refractivity contribution >= 4 is 23.1 Å². The number of aryl methyl sites for hydroxylation is 1. The van der Waals surface area contributed by atoms with E-state index in [9.17, 15) is 9.90 Å². The maximum atomic E-state index is 11.7. The van der Waals surface area contributed by atoms with Crippen molar-refractivity contribution in [2.75, 3.05) is 11.9 Å². The molecule has 0 bridgehead atoms. The Kier molecular flexibility index (Phi) is 5.02. The molecule has 0 saturated heterocycles. The monoisotopic (exact) mass is 440 g/mol. The number of fused-ring (bicyclic) bond motifs is 1. The number of rotatable bonds is 6. The first-order valence-corrected chi connectivity index (χ1v) is 10.3. The Labute approximate surface area is 188 Å². The smallest absolute Gasteiger partial charge is 0.372 e. The minimum Gasteiger partial charge on any atom is -0.475 e. The van der Waals surface area contributed by atoms with Gasteiger partial charge in [0.25, 0.3) is 0 Å². The third-order valence-electron chi connectivity index (χ3n) is 5.50. The molecule has 3 aromatic heterocycles. The van der Waals surface area contributed by atoms with Gasteiger partial charge in [-0.05, 0) is 34.9 Å². The highest BCUT2D eigenvalue weighted by atomic mass is 16.4. The second kappa shape index (κ2) is 8.15. The van der Waals surface area contributed by atoms with E-state index in [2.05, 4.69) is 30.6 Å². The van der Waals surface area contributed by atoms with E-state index in [1.807, 2.05) is 73.5 Å². The predicted molar refractivity (Wildman–Crippen MR) is 122 cm³/mol. The molecule has 3 heterocycles. The highest BCUT2D eigenvalue weighted by Crippen LogP contribution is 2.32. The zero-order valence-electron chi connectivity index (χ0n) is 18.0. The fraction of sp³-hybridized carbons (Fsp3) is 0.130. The van der Waals surface area contributed by atoms with E-state index in [4.69, 9.17) is 0 Å². The van der Waals surface area contributed by atoms with Crippen LogP contribution in [0.4, 0.5) is 11.5 Å². The van der Waals surface area contributed by atoms with Gasteiger partial charge < -0.3 is 10.0 Å². The average Bonchev–Trinajstić information content (AvgIpc) is 3.53. The summed E-state index contributed by atoms with van der Waals surface area (Å²) in [5.74, 6) is 0.0165. The number of aromatic nitrogens is 7. The summed E-state index contributed by atoms with van der Waals surface area (Å²) in [6.07, 6.45) is 2.20. The number of carbonyl (C=O) groups is 1. The molecule has 5 rings (SSSR count). The van der Waals surface area contributed by atoms with E-state index < -0.39 is 5.97 Å². The summed E-state index contributed by atoms with van der Waals surface area (Å²) in [7, 11) is 1.89. The van der Waals surface area contributed by atoms with Crippen molar-refractivity contribution in [3.05, 3.63) is 72.3 Å². The van der Waals surface area contributed by atoms with Crippen LogP contribution in [0.1, 0.15) is 23.2 Å². The van der Waals surface area contributed by atoms with E-state index in [1.54, 1.807) is 4.40 Å². The maximum absolute atomic E-state index is 11.7. The minimum absolute atomic E-state index is 0.0762. The number of imidazole rings is 1. The lowest BCUT2D eigenvalue weighted by molar-refractivity contribution is 0.0683. The molecule has 0 radical (unpaired) electrons. The predicted octanol–water partition coefficient (Wildman–Crippen LogP) is 3.60. The van der Waals surface area contributed by atoms with Crippen LogP contribution in [-0.2, 0) is 6.42 Å². The van der Waals surface area contributed by atoms with Crippen LogP contribution in [0.15, 0.2) is 60.8 Å². The molecular weight excluding hydrogens is 420 g/mol. The first kappa shape index (κ1) is 20.3. The van der Waals surface area contributed by atoms with Crippen LogP contribution >= 0.6 is 0 Å². The number of nitrogens with one attached hydrogen (secondary N) is 1. The minimum atomic E-state index is -1.11. The van der Waals surface area contributed by atoms with E-state index in [-0.39, 0.29) is 5.82 Å². The molecule has 2 N–H and O–H groups in total. The Balaban J connectivity index is 1.56. The summed E-state index contributed by atoms with van der Waals surface area (Å²) in [4.78, 5) is 22.2. The van der Waals surface area contributed by atoms with Crippen molar-refractivity contribution in [2.45, 2.75) is 13.3 Å². The molecule has 0 atom stereocenters. The Morgan fingerprint density at radius 1 is 1.12 bits per heavy atom. The standard InChI is InChI=1S/C23H20N8O2/c1-3-15-12-20(31-19(25-15)13-24-22(31)23(32)33)30(2)16-10-8-14(9-11-16)17-6-4-5-7-18(17)21-26-28-29-27-21/h4-13H,3H2,1-2H3,(H,32,33)(H,26,27,28,29). The number of hydrogen-bond donors (Lipinski definition) is 2. The molecule has 0 saturated carbocycles. The Morgan fingerprint density at radius 2 is 1.88 bits per heavy atom. The maximum Gasteiger partial charge on any atom is 0.372 e. The molecule has 0 aliphatic carbocycles. The number of nitrogens with zero attached hydrogens (tertiary/aromatic N) is 7. The van der Waals surface area contributed by atoms with Gasteiger partial charge in [0, 0.05) is 30.1 Å². The first-order chi connectivity index (χ1) is 16.1. The van der Waals surface area contributed by atoms with Crippen LogP contribution in [0.5, 0.6) is 0 Å². The van der Waals surface area contributed by atoms with Crippen LogP contribution in [0.3, 0.4) is 0 Å². The summed E-state index contributed by atoms with van der Waals surface area (Å²) in [5.41, 5.74) is 5.09. The van der Waals surface area contributed by atoms with Crippen molar-refractivity contribution < 1.29 is 9.90 Å². The molecule has 164 valence electrons. The molecule has 10 nitrogen and oxygen atoms in total. The molecule has 0 aliphatic rings. The molecule has 33 heavy (non-hydrogen) atoms. The fourth-order valence-corrected chi connectivity index (χ4v) is 3.82. The largest absolute Gasteiger partial charge is 0.475 e. The van der Waals surface area contributed by atoms with Crippen molar-refractivity contribution in [3.63, 3.8) is 0 Å². The highest BCUT2D eigenvalue weighted by molar-refractivity contribution is 5.86. The number of aromatic amines is 1. The van der Waals surface area contributed by atoms with Gasteiger partial charge in [-0.1, -0.05) is 43.3 Å². The van der Waals surface area contributed by atoms with E-state index in [1.165, 1.54) is 6.20 Å². The van der Waals surface area contributed by atoms with Crippen molar-refractivity contribution in [1.82, 2.24) is 35.0 Å². The third kappa shape index (κ3) is 3.57. The van der Waals surface area contributed by atoms with Crippen LogP contribution in [0.2, 0.25) is 0 Å². The van der Waals surface area contributed by atoms with Gasteiger partial charge in [0.2, 0.25) is 11.6 Å². The molecule has 5 aromatic rings. The molecule has 2 aromatic carbocycles. The molecule has 0 unspecified atom stereocenters. The molecule has 0 spiro atoms. The molecule has 0 amide bonds. The number of anilines is 2. The van der Waals surface area contributed by atoms with Gasteiger partial charge in [0.1, 0.15) is 5.82 Å². The van der Waals surface area contributed by atoms with Gasteiger partial charge in [-0.25, -0.2) is 14.8 Å². The summed E-state index contributed by atoms with van der Waals surface area (Å²) in [5, 5.41) is 24.0. The number of aromatic carboxylic acids is 1. The van der Waals surface area contributed by atoms with Crippen molar-refractivity contribution in [3.8, 4) is 22.5 Å². The summed E-state index contributed by atoms with van der Waals surface area (Å²) >= 11 is 0. The lowest BCUT2D eigenvalue weighted by Gasteiger charge is -2.22. The summed E-state index contributed by atoms with van der Waals surface area (Å²) in [6.45, 7) is 2.01. The normalized spacial score (nSPS) is 11.1. The van der Waals surface area contributed by atoms with Gasteiger partial charge in [-0.3, -0.25) is 4.40 Å². The molecule has 0 aliphatic heterocycles. The van der Waals surface area contributed by atoms with Gasteiger partial charge in [0.15, 0.2) is 5.65 Å². The molecule has 10 heteroatoms. The number of carboxylic acids is 1. The topological polar surface area (TPSA) is 125 Å². The second-order valence-corrected chi connectivity index (χ2v) is 7.43. The molecular formula is C23H20N8O2. The SMILES string of the molecule is CCc1cc(N(C)c2ccc(-c3ccccc3-c3nn[nH]n3)cc2)n2c(C(=O)O)ncc2n1. The van der Waals surface area contributed by atoms with Crippen LogP contribution in [-0.4, -0.2) is 53.1 Å². The van der Waals surface area contributed by atoms with Crippen LogP contribution in [0.25, 0.3) is 28.2 Å². The number of H-pyrrole nitrogens is 1. The number of tetrazole rings is 1. The second-order valence-electron chi connectivity index (χ2n) is 7.43. The third-order valence-corrected chi connectivity index (χ3v) is 5.50. The fourth-order valence-electron chi connectivity index (χ4n) is 3.82. The zero-order valence-corrected chi connectivity index (χ0v) is 18.0. The number of carboxylic acid groups (broad SMARTS) is 1. The van der Waals surface area contributed by atoms with E-state index in [0.29, 0.717) is 17.3 Å². The quantitative estimate of drug-likeness (QED) is 0.410. The first-order valence-electron chi connectivity index (χ1n) is 10.3. The summed E-state index contributed by atoms with van der Waals surface area (Å²) < 4.78 is 1.56. The lowest BCUT2D eigenvalue weighted by atomic mass is 9.99. The van der Waals surface area contributed by atoms with E-state index >= 15 is 0 Å². The average molecular weight is 440 g/mol. The van der Waals surface area contributed by atoms with Crippen LogP contribution in [0, 0.1) is 0 Å². The number of hydrogen-bond acceptors (Lipinski definition) is 7.